The Hall–Kier alpha value is -2.31. The number of hydrogen-bond donors (Lipinski definition) is 9. The molecule has 2 aliphatic heterocycles. The lowest BCUT2D eigenvalue weighted by molar-refractivity contribution is -0.359. The zero-order chi connectivity index (χ0) is 53.9. The zero-order valence-electron chi connectivity index (χ0n) is 46.1. The molecule has 14 nitrogen and oxygen atoms in total. The Balaban J connectivity index is 1.62. The lowest BCUT2D eigenvalue weighted by Crippen LogP contribution is -2.65. The number of allylic oxidation sites excluding steroid dienone is 9. The van der Waals surface area contributed by atoms with Gasteiger partial charge in [0.1, 0.15) is 48.8 Å². The number of nitrogens with one attached hydrogen (secondary N) is 1. The number of rotatable bonds is 46. The number of carbonyl (C=O) groups excluding carboxylic acids is 1. The third-order valence-corrected chi connectivity index (χ3v) is 14.2. The van der Waals surface area contributed by atoms with Crippen molar-refractivity contribution in [3.8, 4) is 0 Å². The molecule has 0 aromatic heterocycles. The molecule has 12 atom stereocenters. The van der Waals surface area contributed by atoms with E-state index in [9.17, 15) is 45.6 Å². The minimum absolute atomic E-state index is 0.256. The van der Waals surface area contributed by atoms with E-state index in [1.807, 2.05) is 19.1 Å². The SMILES string of the molecule is C/C=C/CC/C=C/CC/C=C/C(O)C(COC1OC(CO)C(OC2OC(CO)C(O)C(O)C2O)C(O)C1O)NC(=O)CCCCCCCCCCCCCCCCCCCCC/C=C\C/C=C\CCCCCCC. The minimum atomic E-state index is -1.79. The number of carbonyl (C=O) groups is 1. The van der Waals surface area contributed by atoms with Crippen LogP contribution in [0.3, 0.4) is 0 Å². The summed E-state index contributed by atoms with van der Waals surface area (Å²) in [5.41, 5.74) is 0. The number of aliphatic hydroxyl groups is 8. The maximum Gasteiger partial charge on any atom is 0.220 e. The predicted octanol–water partition coefficient (Wildman–Crippen LogP) is 9.78. The van der Waals surface area contributed by atoms with Crippen LogP contribution >= 0.6 is 0 Å². The van der Waals surface area contributed by atoms with Crippen LogP contribution in [0, 0.1) is 0 Å². The van der Waals surface area contributed by atoms with Crippen LogP contribution in [0.1, 0.15) is 219 Å². The standard InChI is InChI=1S/C60H107NO13/c1-3-5-7-9-11-13-14-15-16-17-18-19-20-21-22-23-24-25-26-27-28-29-30-31-32-33-34-36-38-40-42-44-52(65)61-48(49(64)43-41-39-37-35-12-10-8-6-4-2)47-71-59-57(70)55(68)58(51(46-63)73-59)74-60-56(69)54(67)53(66)50(45-62)72-60/h4,6,12,14-15,17-18,35,41,43,48-51,53-60,62-64,66-70H,3,5,7-11,13,16,19-34,36-40,42,44-47H2,1-2H3,(H,61,65)/b6-4+,15-14-,18-17-,35-12+,43-41+. The highest BCUT2D eigenvalue weighted by Gasteiger charge is 2.51. The Morgan fingerprint density at radius 2 is 0.959 bits per heavy atom. The smallest absolute Gasteiger partial charge is 0.220 e. The van der Waals surface area contributed by atoms with Crippen molar-refractivity contribution in [1.82, 2.24) is 5.32 Å². The number of amides is 1. The molecule has 0 spiro atoms. The lowest BCUT2D eigenvalue weighted by atomic mass is 9.97. The van der Waals surface area contributed by atoms with Crippen molar-refractivity contribution in [1.29, 1.82) is 0 Å². The van der Waals surface area contributed by atoms with Gasteiger partial charge in [-0.05, 0) is 71.1 Å². The first-order valence-corrected chi connectivity index (χ1v) is 29.5. The van der Waals surface area contributed by atoms with Gasteiger partial charge in [0.05, 0.1) is 32.0 Å². The second-order valence-electron chi connectivity index (χ2n) is 20.8. The second kappa shape index (κ2) is 45.7. The van der Waals surface area contributed by atoms with E-state index in [0.717, 1.165) is 44.9 Å². The summed E-state index contributed by atoms with van der Waals surface area (Å²) in [5, 5.41) is 86.7. The second-order valence-corrected chi connectivity index (χ2v) is 20.8. The molecule has 0 aromatic rings. The molecule has 0 bridgehead atoms. The van der Waals surface area contributed by atoms with E-state index in [-0.39, 0.29) is 18.9 Å². The summed E-state index contributed by atoms with van der Waals surface area (Å²) in [6.07, 6.45) is 41.8. The highest BCUT2D eigenvalue weighted by molar-refractivity contribution is 5.76. The summed E-state index contributed by atoms with van der Waals surface area (Å²) in [4.78, 5) is 13.2. The average molecular weight is 1050 g/mol. The van der Waals surface area contributed by atoms with Crippen LogP contribution in [0.15, 0.2) is 60.8 Å². The Kier molecular flexibility index (Phi) is 41.9. The van der Waals surface area contributed by atoms with Gasteiger partial charge in [-0.2, -0.15) is 0 Å². The van der Waals surface area contributed by atoms with Gasteiger partial charge in [0, 0.05) is 6.42 Å². The van der Waals surface area contributed by atoms with Gasteiger partial charge in [0.15, 0.2) is 12.6 Å². The lowest BCUT2D eigenvalue weighted by Gasteiger charge is -2.46. The zero-order valence-corrected chi connectivity index (χ0v) is 46.1. The van der Waals surface area contributed by atoms with E-state index in [4.69, 9.17) is 18.9 Å². The number of ether oxygens (including phenoxy) is 4. The normalized spacial score (nSPS) is 25.6. The van der Waals surface area contributed by atoms with Gasteiger partial charge in [0.25, 0.3) is 0 Å². The molecule has 2 rings (SSSR count). The Bertz CT molecular complexity index is 1470. The van der Waals surface area contributed by atoms with E-state index < -0.39 is 86.8 Å². The first-order chi connectivity index (χ1) is 36.1. The van der Waals surface area contributed by atoms with Crippen LogP contribution in [0.2, 0.25) is 0 Å². The summed E-state index contributed by atoms with van der Waals surface area (Å²) in [6, 6.07) is -0.936. The molecular weight excluding hydrogens is 943 g/mol. The van der Waals surface area contributed by atoms with Crippen molar-refractivity contribution in [3.63, 3.8) is 0 Å². The molecule has 1 amide bonds. The van der Waals surface area contributed by atoms with Gasteiger partial charge in [0.2, 0.25) is 5.91 Å². The molecule has 2 saturated heterocycles. The molecule has 74 heavy (non-hydrogen) atoms. The topological polar surface area (TPSA) is 228 Å². The van der Waals surface area contributed by atoms with E-state index in [1.165, 1.54) is 141 Å². The molecule has 0 radical (unpaired) electrons. The number of hydrogen-bond acceptors (Lipinski definition) is 13. The van der Waals surface area contributed by atoms with Gasteiger partial charge < -0.3 is 65.1 Å². The van der Waals surface area contributed by atoms with Crippen LogP contribution in [0.5, 0.6) is 0 Å². The molecule has 0 saturated carbocycles. The minimum Gasteiger partial charge on any atom is -0.394 e. The molecule has 0 aliphatic carbocycles. The van der Waals surface area contributed by atoms with Crippen molar-refractivity contribution < 1.29 is 64.6 Å². The summed E-state index contributed by atoms with van der Waals surface area (Å²) < 4.78 is 22.7. The highest BCUT2D eigenvalue weighted by Crippen LogP contribution is 2.30. The largest absolute Gasteiger partial charge is 0.394 e. The van der Waals surface area contributed by atoms with Crippen LogP contribution in [-0.4, -0.2) is 140 Å². The third-order valence-electron chi connectivity index (χ3n) is 14.2. The van der Waals surface area contributed by atoms with Crippen LogP contribution < -0.4 is 5.32 Å². The molecule has 9 N–H and O–H groups in total. The highest BCUT2D eigenvalue weighted by atomic mass is 16.7. The Labute approximate surface area is 447 Å². The summed E-state index contributed by atoms with van der Waals surface area (Å²) in [6.45, 7) is 2.52. The molecular formula is C60H107NO13. The summed E-state index contributed by atoms with van der Waals surface area (Å²) in [5.74, 6) is -0.256. The van der Waals surface area contributed by atoms with Crippen molar-refractivity contribution in [2.45, 2.75) is 293 Å². The van der Waals surface area contributed by atoms with Gasteiger partial charge in [-0.15, -0.1) is 0 Å². The van der Waals surface area contributed by atoms with Gasteiger partial charge in [-0.25, -0.2) is 0 Å². The fourth-order valence-corrected chi connectivity index (χ4v) is 9.48. The first kappa shape index (κ1) is 67.8. The fraction of sp³-hybridized carbons (Fsp3) is 0.817. The van der Waals surface area contributed by atoms with E-state index >= 15 is 0 Å². The Morgan fingerprint density at radius 1 is 0.514 bits per heavy atom. The summed E-state index contributed by atoms with van der Waals surface area (Å²) >= 11 is 0. The quantitative estimate of drug-likeness (QED) is 0.0205. The van der Waals surface area contributed by atoms with Gasteiger partial charge in [-0.1, -0.05) is 203 Å². The van der Waals surface area contributed by atoms with Crippen LogP contribution in [0.4, 0.5) is 0 Å². The van der Waals surface area contributed by atoms with Crippen LogP contribution in [0.25, 0.3) is 0 Å². The molecule has 14 heteroatoms. The Morgan fingerprint density at radius 3 is 1.47 bits per heavy atom. The van der Waals surface area contributed by atoms with Gasteiger partial charge >= 0.3 is 0 Å². The summed E-state index contributed by atoms with van der Waals surface area (Å²) in [7, 11) is 0. The van der Waals surface area contributed by atoms with Crippen molar-refractivity contribution >= 4 is 5.91 Å². The number of aliphatic hydroxyl groups excluding tert-OH is 8. The fourth-order valence-electron chi connectivity index (χ4n) is 9.48. The van der Waals surface area contributed by atoms with E-state index in [1.54, 1.807) is 6.08 Å². The first-order valence-electron chi connectivity index (χ1n) is 29.5. The van der Waals surface area contributed by atoms with Crippen molar-refractivity contribution in [2.24, 2.45) is 0 Å². The maximum atomic E-state index is 13.2. The molecule has 12 unspecified atom stereocenters. The molecule has 430 valence electrons. The van der Waals surface area contributed by atoms with Crippen molar-refractivity contribution in [2.75, 3.05) is 19.8 Å². The molecule has 0 aromatic carbocycles. The number of unbranched alkanes of at least 4 members (excludes halogenated alkanes) is 26. The predicted molar refractivity (Wildman–Crippen MR) is 295 cm³/mol. The third kappa shape index (κ3) is 31.2. The maximum absolute atomic E-state index is 13.2. The van der Waals surface area contributed by atoms with E-state index in [0.29, 0.717) is 12.8 Å². The van der Waals surface area contributed by atoms with Crippen LogP contribution in [-0.2, 0) is 23.7 Å². The molecule has 2 fully saturated rings. The average Bonchev–Trinajstić information content (AvgIpc) is 3.40. The van der Waals surface area contributed by atoms with Gasteiger partial charge in [-0.3, -0.25) is 4.79 Å². The molecule has 2 aliphatic rings. The molecule has 2 heterocycles. The monoisotopic (exact) mass is 1050 g/mol. The van der Waals surface area contributed by atoms with E-state index in [2.05, 4.69) is 54.8 Å². The van der Waals surface area contributed by atoms with Crippen molar-refractivity contribution in [3.05, 3.63) is 60.8 Å².